The summed E-state index contributed by atoms with van der Waals surface area (Å²) in [5.41, 5.74) is 5.44. The molecule has 0 aliphatic heterocycles. The molecule has 1 saturated carbocycles. The fourth-order valence-corrected chi connectivity index (χ4v) is 3.39. The SMILES string of the molecule is NC(=O)c1cc(F)c(N[C@@H]2CCCC[C@@H]2NC(=O)O)nc1Nc1cccc(F)c1. The van der Waals surface area contributed by atoms with E-state index in [1.54, 1.807) is 6.07 Å². The van der Waals surface area contributed by atoms with Crippen LogP contribution in [0.1, 0.15) is 36.0 Å². The van der Waals surface area contributed by atoms with Crippen LogP contribution in [0.2, 0.25) is 0 Å². The van der Waals surface area contributed by atoms with Crippen LogP contribution < -0.4 is 21.7 Å². The van der Waals surface area contributed by atoms with Crippen molar-refractivity contribution in [2.75, 3.05) is 10.6 Å². The first-order valence-electron chi connectivity index (χ1n) is 9.12. The van der Waals surface area contributed by atoms with Gasteiger partial charge in [0.05, 0.1) is 11.6 Å². The Balaban J connectivity index is 1.90. The summed E-state index contributed by atoms with van der Waals surface area (Å²) < 4.78 is 28.0. The van der Waals surface area contributed by atoms with E-state index >= 15 is 0 Å². The molecule has 1 aromatic carbocycles. The summed E-state index contributed by atoms with van der Waals surface area (Å²) in [6.45, 7) is 0. The van der Waals surface area contributed by atoms with Crippen LogP contribution in [0.3, 0.4) is 0 Å². The highest BCUT2D eigenvalue weighted by molar-refractivity contribution is 5.98. The number of nitrogens with two attached hydrogens (primary N) is 1. The van der Waals surface area contributed by atoms with Crippen LogP contribution in [-0.4, -0.2) is 34.2 Å². The number of primary amides is 1. The first kappa shape index (κ1) is 20.3. The minimum Gasteiger partial charge on any atom is -0.465 e. The van der Waals surface area contributed by atoms with Gasteiger partial charge in [-0.15, -0.1) is 0 Å². The first-order chi connectivity index (χ1) is 13.8. The number of carboxylic acid groups (broad SMARTS) is 1. The third kappa shape index (κ3) is 5.09. The number of carbonyl (C=O) groups is 2. The summed E-state index contributed by atoms with van der Waals surface area (Å²) in [6, 6.07) is 5.64. The Hall–Kier alpha value is -3.43. The summed E-state index contributed by atoms with van der Waals surface area (Å²) in [4.78, 5) is 26.9. The van der Waals surface area contributed by atoms with Crippen molar-refractivity contribution in [3.05, 3.63) is 47.5 Å². The highest BCUT2D eigenvalue weighted by Gasteiger charge is 2.28. The van der Waals surface area contributed by atoms with Gasteiger partial charge in [0.25, 0.3) is 5.91 Å². The zero-order valence-electron chi connectivity index (χ0n) is 15.4. The fraction of sp³-hybridized carbons (Fsp3) is 0.316. The number of hydrogen-bond acceptors (Lipinski definition) is 5. The molecule has 10 heteroatoms. The quantitative estimate of drug-likeness (QED) is 0.502. The lowest BCUT2D eigenvalue weighted by Gasteiger charge is -2.32. The number of pyridine rings is 1. The van der Waals surface area contributed by atoms with Gasteiger partial charge in [-0.25, -0.2) is 18.6 Å². The van der Waals surface area contributed by atoms with Crippen molar-refractivity contribution in [2.45, 2.75) is 37.8 Å². The summed E-state index contributed by atoms with van der Waals surface area (Å²) >= 11 is 0. The van der Waals surface area contributed by atoms with Crippen LogP contribution >= 0.6 is 0 Å². The van der Waals surface area contributed by atoms with Crippen molar-refractivity contribution < 1.29 is 23.5 Å². The fourth-order valence-electron chi connectivity index (χ4n) is 3.39. The van der Waals surface area contributed by atoms with Crippen LogP contribution in [0.25, 0.3) is 0 Å². The zero-order chi connectivity index (χ0) is 21.0. The van der Waals surface area contributed by atoms with E-state index < -0.39 is 29.7 Å². The Morgan fingerprint density at radius 3 is 2.48 bits per heavy atom. The molecule has 0 radical (unpaired) electrons. The molecule has 6 N–H and O–H groups in total. The number of amides is 2. The predicted molar refractivity (Wildman–Crippen MR) is 103 cm³/mol. The zero-order valence-corrected chi connectivity index (χ0v) is 15.4. The summed E-state index contributed by atoms with van der Waals surface area (Å²) in [6.07, 6.45) is 1.78. The van der Waals surface area contributed by atoms with Crippen molar-refractivity contribution in [1.29, 1.82) is 0 Å². The lowest BCUT2D eigenvalue weighted by Crippen LogP contribution is -2.48. The number of aromatic nitrogens is 1. The molecule has 3 rings (SSSR count). The van der Waals surface area contributed by atoms with E-state index in [4.69, 9.17) is 10.8 Å². The maximum Gasteiger partial charge on any atom is 0.404 e. The van der Waals surface area contributed by atoms with Gasteiger partial charge in [-0.1, -0.05) is 18.9 Å². The molecular weight excluding hydrogens is 384 g/mol. The average Bonchev–Trinajstić information content (AvgIpc) is 2.65. The Morgan fingerprint density at radius 1 is 1.10 bits per heavy atom. The Bertz CT molecular complexity index is 925. The van der Waals surface area contributed by atoms with Crippen molar-refractivity contribution in [3.63, 3.8) is 0 Å². The lowest BCUT2D eigenvalue weighted by molar-refractivity contribution is 0.100. The van der Waals surface area contributed by atoms with Crippen LogP contribution in [0.5, 0.6) is 0 Å². The van der Waals surface area contributed by atoms with E-state index in [2.05, 4.69) is 20.9 Å². The normalized spacial score (nSPS) is 18.7. The first-order valence-corrected chi connectivity index (χ1v) is 9.12. The molecule has 1 aliphatic rings. The Kier molecular flexibility index (Phi) is 6.10. The molecular formula is C19H21F2N5O3. The van der Waals surface area contributed by atoms with Gasteiger partial charge in [0, 0.05) is 11.7 Å². The number of benzene rings is 1. The van der Waals surface area contributed by atoms with Gasteiger partial charge in [0.2, 0.25) is 0 Å². The van der Waals surface area contributed by atoms with Gasteiger partial charge >= 0.3 is 6.09 Å². The lowest BCUT2D eigenvalue weighted by atomic mass is 9.90. The van der Waals surface area contributed by atoms with E-state index in [0.29, 0.717) is 18.5 Å². The smallest absolute Gasteiger partial charge is 0.404 e. The van der Waals surface area contributed by atoms with Crippen LogP contribution in [0.4, 0.5) is 30.9 Å². The average molecular weight is 405 g/mol. The highest BCUT2D eigenvalue weighted by atomic mass is 19.1. The number of hydrogen-bond donors (Lipinski definition) is 5. The second-order valence-corrected chi connectivity index (χ2v) is 6.81. The van der Waals surface area contributed by atoms with Crippen molar-refractivity contribution in [2.24, 2.45) is 5.73 Å². The van der Waals surface area contributed by atoms with E-state index in [-0.39, 0.29) is 23.2 Å². The largest absolute Gasteiger partial charge is 0.465 e. The van der Waals surface area contributed by atoms with Gasteiger partial charge in [-0.05, 0) is 37.1 Å². The summed E-state index contributed by atoms with van der Waals surface area (Å²) in [5, 5.41) is 17.2. The second kappa shape index (κ2) is 8.72. The third-order valence-electron chi connectivity index (χ3n) is 4.73. The molecule has 0 saturated heterocycles. The number of nitrogens with zero attached hydrogens (tertiary/aromatic N) is 1. The maximum atomic E-state index is 14.6. The minimum atomic E-state index is -1.16. The molecule has 1 heterocycles. The maximum absolute atomic E-state index is 14.6. The van der Waals surface area contributed by atoms with Gasteiger partial charge < -0.3 is 26.8 Å². The molecule has 2 aromatic rings. The molecule has 0 bridgehead atoms. The van der Waals surface area contributed by atoms with Gasteiger partial charge in [0.1, 0.15) is 11.6 Å². The van der Waals surface area contributed by atoms with E-state index in [9.17, 15) is 18.4 Å². The van der Waals surface area contributed by atoms with Crippen molar-refractivity contribution >= 4 is 29.3 Å². The van der Waals surface area contributed by atoms with Gasteiger partial charge in [0.15, 0.2) is 11.6 Å². The number of nitrogens with one attached hydrogen (secondary N) is 3. The topological polar surface area (TPSA) is 129 Å². The number of halogens is 2. The Morgan fingerprint density at radius 2 is 1.83 bits per heavy atom. The second-order valence-electron chi connectivity index (χ2n) is 6.81. The molecule has 0 unspecified atom stereocenters. The molecule has 1 aromatic heterocycles. The Labute approximate surface area is 165 Å². The number of anilines is 3. The molecule has 8 nitrogen and oxygen atoms in total. The molecule has 2 atom stereocenters. The summed E-state index contributed by atoms with van der Waals surface area (Å²) in [7, 11) is 0. The number of carbonyl (C=O) groups excluding carboxylic acids is 1. The van der Waals surface area contributed by atoms with Crippen molar-refractivity contribution in [1.82, 2.24) is 10.3 Å². The monoisotopic (exact) mass is 405 g/mol. The number of rotatable bonds is 6. The van der Waals surface area contributed by atoms with Crippen LogP contribution in [0, 0.1) is 11.6 Å². The standard InChI is InChI=1S/C19H21F2N5O3/c20-10-4-3-5-11(8-10)23-17-12(16(22)27)9-13(21)18(26-17)24-14-6-1-2-7-15(14)25-19(28)29/h3-5,8-9,14-15,25H,1-2,6-7H2,(H2,22,27)(H,28,29)(H2,23,24,26)/t14-,15+/m1/s1. The highest BCUT2D eigenvalue weighted by Crippen LogP contribution is 2.27. The van der Waals surface area contributed by atoms with Crippen LogP contribution in [-0.2, 0) is 0 Å². The van der Waals surface area contributed by atoms with E-state index in [1.165, 1.54) is 18.2 Å². The van der Waals surface area contributed by atoms with Crippen LogP contribution in [0.15, 0.2) is 30.3 Å². The van der Waals surface area contributed by atoms with Crippen molar-refractivity contribution in [3.8, 4) is 0 Å². The molecule has 1 aliphatic carbocycles. The third-order valence-corrected chi connectivity index (χ3v) is 4.73. The molecule has 0 spiro atoms. The van der Waals surface area contributed by atoms with Gasteiger partial charge in [-0.3, -0.25) is 4.79 Å². The molecule has 154 valence electrons. The van der Waals surface area contributed by atoms with E-state index in [0.717, 1.165) is 18.9 Å². The molecule has 2 amide bonds. The summed E-state index contributed by atoms with van der Waals surface area (Å²) in [5.74, 6) is -2.39. The molecule has 29 heavy (non-hydrogen) atoms. The minimum absolute atomic E-state index is 0.0365. The predicted octanol–water partition coefficient (Wildman–Crippen LogP) is 3.19. The van der Waals surface area contributed by atoms with E-state index in [1.807, 2.05) is 0 Å². The van der Waals surface area contributed by atoms with Gasteiger partial charge in [-0.2, -0.15) is 0 Å². The molecule has 1 fully saturated rings.